The lowest BCUT2D eigenvalue weighted by Crippen LogP contribution is -2.51. The maximum atomic E-state index is 17.2. The van der Waals surface area contributed by atoms with Gasteiger partial charge < -0.3 is 34.4 Å². The molecule has 4 saturated heterocycles. The number of aromatic nitrogens is 3. The second kappa shape index (κ2) is 13.2. The SMILES string of the molecule is C#Cc1c(F)ccc2cc(O)cc(-c3nc(OC)c4c(N5CC6CCC(C5)N6)nc(OC[C@@]56CCCN5[C@@H](COC(=O)N(C)C)CC6)nc4c3F)c12. The van der Waals surface area contributed by atoms with E-state index in [2.05, 4.69) is 31.0 Å². The lowest BCUT2D eigenvalue weighted by Gasteiger charge is -2.35. The zero-order valence-electron chi connectivity index (χ0n) is 29.4. The molecular formula is C38H41F2N7O5. The number of aromatic hydroxyl groups is 1. The van der Waals surface area contributed by atoms with Crippen molar-refractivity contribution in [3.8, 4) is 41.2 Å². The molecule has 2 aromatic carbocycles. The zero-order valence-corrected chi connectivity index (χ0v) is 29.4. The van der Waals surface area contributed by atoms with Crippen LogP contribution in [0.1, 0.15) is 44.1 Å². The standard InChI is InChI=1S/C38H41F2N7O5/c1-5-26-28(39)10-7-21-15-25(48)16-27(29(21)26)32-31(40)33-30(35(42-32)50-4)34(46-17-22-8-9-23(18-46)41-22)44-36(43-33)52-20-38-12-6-14-47(38)24(11-13-38)19-51-37(49)45(2)3/h1,7,10,15-16,22-24,41,48H,6,8-9,11-14,17-20H2,2-4H3/t22?,23?,24-,38+/m1/s1. The Labute approximate surface area is 300 Å². The first-order valence-electron chi connectivity index (χ1n) is 17.7. The Morgan fingerprint density at radius 3 is 2.63 bits per heavy atom. The third kappa shape index (κ3) is 5.76. The van der Waals surface area contributed by atoms with Gasteiger partial charge in [0, 0.05) is 56.3 Å². The molecule has 0 aliphatic carbocycles. The smallest absolute Gasteiger partial charge is 0.409 e. The monoisotopic (exact) mass is 713 g/mol. The first-order valence-corrected chi connectivity index (χ1v) is 17.7. The van der Waals surface area contributed by atoms with Crippen LogP contribution in [0.4, 0.5) is 19.4 Å². The molecule has 8 rings (SSSR count). The minimum atomic E-state index is -0.814. The van der Waals surface area contributed by atoms with Crippen LogP contribution in [0.25, 0.3) is 32.9 Å². The fraction of sp³-hybridized carbons (Fsp3) is 0.474. The highest BCUT2D eigenvalue weighted by Crippen LogP contribution is 2.45. The van der Waals surface area contributed by atoms with Gasteiger partial charge in [0.05, 0.1) is 18.2 Å². The van der Waals surface area contributed by atoms with Crippen molar-refractivity contribution in [3.05, 3.63) is 41.5 Å². The summed E-state index contributed by atoms with van der Waals surface area (Å²) in [5.74, 6) is 1.26. The third-order valence-electron chi connectivity index (χ3n) is 11.1. The lowest BCUT2D eigenvalue weighted by atomic mass is 9.95. The van der Waals surface area contributed by atoms with E-state index in [0.717, 1.165) is 45.1 Å². The molecule has 272 valence electrons. The number of hydrogen-bond donors (Lipinski definition) is 2. The van der Waals surface area contributed by atoms with E-state index in [9.17, 15) is 9.90 Å². The summed E-state index contributed by atoms with van der Waals surface area (Å²) < 4.78 is 50.0. The Balaban J connectivity index is 1.23. The zero-order chi connectivity index (χ0) is 36.3. The second-order valence-corrected chi connectivity index (χ2v) is 14.5. The predicted octanol–water partition coefficient (Wildman–Crippen LogP) is 4.83. The minimum absolute atomic E-state index is 0.00585. The molecule has 2 bridgehead atoms. The predicted molar refractivity (Wildman–Crippen MR) is 191 cm³/mol. The first kappa shape index (κ1) is 34.1. The molecule has 2 aromatic heterocycles. The number of nitrogens with one attached hydrogen (secondary N) is 1. The van der Waals surface area contributed by atoms with Crippen molar-refractivity contribution in [1.82, 2.24) is 30.1 Å². The maximum Gasteiger partial charge on any atom is 0.409 e. The molecular weight excluding hydrogens is 672 g/mol. The number of hydrogen-bond acceptors (Lipinski definition) is 11. The number of pyridine rings is 1. The van der Waals surface area contributed by atoms with E-state index in [1.54, 1.807) is 14.1 Å². The van der Waals surface area contributed by atoms with Gasteiger partial charge in [0.2, 0.25) is 5.88 Å². The fourth-order valence-corrected chi connectivity index (χ4v) is 8.73. The summed E-state index contributed by atoms with van der Waals surface area (Å²) in [5.41, 5.74) is -0.588. The first-order chi connectivity index (χ1) is 25.1. The molecule has 52 heavy (non-hydrogen) atoms. The molecule has 1 amide bonds. The highest BCUT2D eigenvalue weighted by molar-refractivity contribution is 6.04. The number of nitrogens with zero attached hydrogens (tertiary/aromatic N) is 6. The highest BCUT2D eigenvalue weighted by atomic mass is 19.1. The molecule has 0 radical (unpaired) electrons. The summed E-state index contributed by atoms with van der Waals surface area (Å²) in [7, 11) is 4.75. The van der Waals surface area contributed by atoms with E-state index in [-0.39, 0.29) is 93.7 Å². The third-order valence-corrected chi connectivity index (χ3v) is 11.1. The van der Waals surface area contributed by atoms with E-state index in [4.69, 9.17) is 25.6 Å². The van der Waals surface area contributed by atoms with Crippen LogP contribution in [0.3, 0.4) is 0 Å². The number of benzene rings is 2. The van der Waals surface area contributed by atoms with Gasteiger partial charge in [-0.3, -0.25) is 4.90 Å². The van der Waals surface area contributed by atoms with E-state index in [1.807, 2.05) is 0 Å². The Bertz CT molecular complexity index is 2110. The molecule has 2 N–H and O–H groups in total. The molecule has 14 heteroatoms. The topological polar surface area (TPSA) is 125 Å². The molecule has 4 atom stereocenters. The van der Waals surface area contributed by atoms with Crippen LogP contribution >= 0.6 is 0 Å². The van der Waals surface area contributed by atoms with Gasteiger partial charge >= 0.3 is 12.1 Å². The fourth-order valence-electron chi connectivity index (χ4n) is 8.73. The average molecular weight is 714 g/mol. The molecule has 4 fully saturated rings. The summed E-state index contributed by atoms with van der Waals surface area (Å²) in [6.07, 6.45) is 10.9. The number of halogens is 2. The molecule has 4 aliphatic heterocycles. The summed E-state index contributed by atoms with van der Waals surface area (Å²) in [6.45, 7) is 2.68. The Morgan fingerprint density at radius 2 is 1.90 bits per heavy atom. The summed E-state index contributed by atoms with van der Waals surface area (Å²) >= 11 is 0. The normalized spacial score (nSPS) is 23.9. The van der Waals surface area contributed by atoms with Gasteiger partial charge in [-0.2, -0.15) is 9.97 Å². The van der Waals surface area contributed by atoms with Crippen molar-refractivity contribution in [3.63, 3.8) is 0 Å². The van der Waals surface area contributed by atoms with E-state index < -0.39 is 11.6 Å². The lowest BCUT2D eigenvalue weighted by molar-refractivity contribution is 0.0484. The molecule has 2 unspecified atom stereocenters. The number of fused-ring (bicyclic) bond motifs is 5. The number of ether oxygens (including phenoxy) is 3. The van der Waals surface area contributed by atoms with Crippen LogP contribution < -0.4 is 19.7 Å². The van der Waals surface area contributed by atoms with Gasteiger partial charge in [-0.05, 0) is 68.7 Å². The van der Waals surface area contributed by atoms with Gasteiger partial charge in [-0.15, -0.1) is 6.42 Å². The van der Waals surface area contributed by atoms with Gasteiger partial charge in [0.25, 0.3) is 0 Å². The molecule has 12 nitrogen and oxygen atoms in total. The summed E-state index contributed by atoms with van der Waals surface area (Å²) in [6, 6.07) is 5.99. The van der Waals surface area contributed by atoms with Crippen molar-refractivity contribution in [1.29, 1.82) is 0 Å². The second-order valence-electron chi connectivity index (χ2n) is 14.5. The van der Waals surface area contributed by atoms with Gasteiger partial charge in [-0.1, -0.05) is 12.0 Å². The van der Waals surface area contributed by atoms with Crippen LogP contribution in [-0.4, -0.2) is 114 Å². The van der Waals surface area contributed by atoms with Crippen LogP contribution in [0, 0.1) is 24.0 Å². The van der Waals surface area contributed by atoms with Crippen molar-refractivity contribution in [2.24, 2.45) is 0 Å². The van der Waals surface area contributed by atoms with E-state index in [1.165, 1.54) is 36.3 Å². The quantitative estimate of drug-likeness (QED) is 0.244. The maximum absolute atomic E-state index is 17.2. The minimum Gasteiger partial charge on any atom is -0.508 e. The number of piperazine rings is 1. The van der Waals surface area contributed by atoms with Gasteiger partial charge in [0.15, 0.2) is 5.82 Å². The number of phenols is 1. The number of amides is 1. The number of carbonyl (C=O) groups is 1. The molecule has 0 saturated carbocycles. The Morgan fingerprint density at radius 1 is 1.12 bits per heavy atom. The molecule has 0 spiro atoms. The van der Waals surface area contributed by atoms with Crippen LogP contribution in [0.2, 0.25) is 0 Å². The van der Waals surface area contributed by atoms with Crippen molar-refractivity contribution < 1.29 is 32.9 Å². The van der Waals surface area contributed by atoms with Crippen molar-refractivity contribution in [2.45, 2.75) is 62.2 Å². The van der Waals surface area contributed by atoms with Crippen LogP contribution in [0.5, 0.6) is 17.6 Å². The van der Waals surface area contributed by atoms with Crippen LogP contribution in [0.15, 0.2) is 24.3 Å². The van der Waals surface area contributed by atoms with E-state index in [0.29, 0.717) is 24.3 Å². The largest absolute Gasteiger partial charge is 0.508 e. The Hall–Kier alpha value is -5.00. The number of terminal acetylenes is 1. The number of rotatable bonds is 8. The Kier molecular flexibility index (Phi) is 8.66. The summed E-state index contributed by atoms with van der Waals surface area (Å²) in [5, 5.41) is 15.2. The number of carbonyl (C=O) groups excluding carboxylic acids is 1. The van der Waals surface area contributed by atoms with E-state index >= 15 is 8.78 Å². The molecule has 4 aromatic rings. The van der Waals surface area contributed by atoms with Crippen LogP contribution in [-0.2, 0) is 4.74 Å². The van der Waals surface area contributed by atoms with Gasteiger partial charge in [0.1, 0.15) is 47.2 Å². The highest BCUT2D eigenvalue weighted by Gasteiger charge is 2.50. The molecule has 4 aliphatic rings. The summed E-state index contributed by atoms with van der Waals surface area (Å²) in [4.78, 5) is 32.3. The number of methoxy groups -OCH3 is 1. The van der Waals surface area contributed by atoms with Gasteiger partial charge in [-0.25, -0.2) is 18.6 Å². The van der Waals surface area contributed by atoms with Crippen molar-refractivity contribution >= 4 is 33.6 Å². The molecule has 6 heterocycles. The average Bonchev–Trinajstić information content (AvgIpc) is 3.82. The number of anilines is 1. The van der Waals surface area contributed by atoms with Crippen molar-refractivity contribution in [2.75, 3.05) is 59.0 Å². The number of phenolic OH excluding ortho intramolecular Hbond substituents is 1.